The maximum atomic E-state index is 11.1. The van der Waals surface area contributed by atoms with E-state index >= 15 is 0 Å². The van der Waals surface area contributed by atoms with Crippen molar-refractivity contribution in [3.63, 3.8) is 0 Å². The Bertz CT molecular complexity index is 304. The van der Waals surface area contributed by atoms with Crippen molar-refractivity contribution >= 4 is 26.8 Å². The summed E-state index contributed by atoms with van der Waals surface area (Å²) < 4.78 is 15.3. The summed E-state index contributed by atoms with van der Waals surface area (Å²) >= 11 is -2.35. The van der Waals surface area contributed by atoms with Gasteiger partial charge in [-0.15, -0.1) is 0 Å². The molecule has 0 aliphatic carbocycles. The van der Waals surface area contributed by atoms with Gasteiger partial charge in [-0.05, 0) is 0 Å². The SMILES string of the molecule is NI(N)OC(=O)CCCc1ccccc1. The van der Waals surface area contributed by atoms with Crippen LogP contribution in [0.4, 0.5) is 0 Å². The molecule has 0 spiro atoms. The minimum absolute atomic E-state index is 0.277. The van der Waals surface area contributed by atoms with E-state index in [0.717, 1.165) is 12.8 Å². The molecule has 15 heavy (non-hydrogen) atoms. The molecule has 0 fully saturated rings. The molecule has 0 atom stereocenters. The number of aryl methyl sites for hydroxylation is 1. The molecule has 0 radical (unpaired) electrons. The van der Waals surface area contributed by atoms with Crippen LogP contribution in [0.25, 0.3) is 0 Å². The van der Waals surface area contributed by atoms with Gasteiger partial charge in [0.15, 0.2) is 0 Å². The minimum atomic E-state index is -2.35. The van der Waals surface area contributed by atoms with Crippen LogP contribution in [0.2, 0.25) is 0 Å². The number of carbonyl (C=O) groups excluding carboxylic acids is 1. The van der Waals surface area contributed by atoms with Crippen molar-refractivity contribution in [2.24, 2.45) is 7.89 Å². The summed E-state index contributed by atoms with van der Waals surface area (Å²) in [5.74, 6) is -0.277. The quantitative estimate of drug-likeness (QED) is 0.639. The number of benzene rings is 1. The van der Waals surface area contributed by atoms with Gasteiger partial charge >= 0.3 is 97.7 Å². The molecule has 4 nitrogen and oxygen atoms in total. The second kappa shape index (κ2) is 6.76. The first-order chi connectivity index (χ1) is 7.18. The monoisotopic (exact) mass is 322 g/mol. The van der Waals surface area contributed by atoms with Crippen LogP contribution in [-0.4, -0.2) is 5.97 Å². The van der Waals surface area contributed by atoms with Gasteiger partial charge in [-0.3, -0.25) is 0 Å². The first-order valence-corrected chi connectivity index (χ1v) is 7.99. The second-order valence-corrected chi connectivity index (χ2v) is 5.27. The van der Waals surface area contributed by atoms with Crippen LogP contribution in [0.3, 0.4) is 0 Å². The molecule has 0 aliphatic rings. The van der Waals surface area contributed by atoms with Crippen molar-refractivity contribution in [1.29, 1.82) is 0 Å². The van der Waals surface area contributed by atoms with Gasteiger partial charge in [0, 0.05) is 0 Å². The summed E-state index contributed by atoms with van der Waals surface area (Å²) in [6.07, 6.45) is 2.03. The number of nitrogens with two attached hydrogens (primary N) is 2. The van der Waals surface area contributed by atoms with E-state index < -0.39 is 20.8 Å². The van der Waals surface area contributed by atoms with Crippen molar-refractivity contribution in [2.45, 2.75) is 19.3 Å². The van der Waals surface area contributed by atoms with Gasteiger partial charge in [0.2, 0.25) is 0 Å². The number of carbonyl (C=O) groups is 1. The standard InChI is InChI=1S/C10H15IN2O2/c12-11(13)15-10(14)8-4-7-9-5-2-1-3-6-9/h1-3,5-6H,4,7-8,12-13H2. The fourth-order valence-corrected chi connectivity index (χ4v) is 2.01. The van der Waals surface area contributed by atoms with Gasteiger partial charge in [0.1, 0.15) is 0 Å². The van der Waals surface area contributed by atoms with Gasteiger partial charge in [0.05, 0.1) is 0 Å². The van der Waals surface area contributed by atoms with E-state index in [1.807, 2.05) is 30.3 Å². The average molecular weight is 322 g/mol. The van der Waals surface area contributed by atoms with E-state index in [0.29, 0.717) is 6.42 Å². The summed E-state index contributed by atoms with van der Waals surface area (Å²) in [4.78, 5) is 11.1. The third-order valence-corrected chi connectivity index (χ3v) is 2.86. The molecular weight excluding hydrogens is 307 g/mol. The van der Waals surface area contributed by atoms with Crippen LogP contribution in [0.15, 0.2) is 30.3 Å². The molecule has 0 saturated heterocycles. The molecule has 0 aromatic heterocycles. The Morgan fingerprint density at radius 2 is 1.93 bits per heavy atom. The molecule has 1 aromatic rings. The van der Waals surface area contributed by atoms with Gasteiger partial charge in [-0.25, -0.2) is 0 Å². The van der Waals surface area contributed by atoms with Crippen LogP contribution < -0.4 is 7.89 Å². The Balaban J connectivity index is 2.19. The molecule has 84 valence electrons. The van der Waals surface area contributed by atoms with E-state index in [1.165, 1.54) is 5.56 Å². The van der Waals surface area contributed by atoms with Crippen molar-refractivity contribution in [2.75, 3.05) is 0 Å². The first kappa shape index (κ1) is 12.4. The molecule has 0 unspecified atom stereocenters. The van der Waals surface area contributed by atoms with Gasteiger partial charge in [0.25, 0.3) is 0 Å². The van der Waals surface area contributed by atoms with Gasteiger partial charge < -0.3 is 0 Å². The zero-order valence-corrected chi connectivity index (χ0v) is 10.5. The average Bonchev–Trinajstić information content (AvgIpc) is 2.18. The maximum absolute atomic E-state index is 11.1. The number of rotatable bonds is 5. The molecule has 5 heteroatoms. The van der Waals surface area contributed by atoms with Crippen LogP contribution >= 0.6 is 20.8 Å². The fourth-order valence-electron chi connectivity index (χ4n) is 1.22. The molecule has 0 aliphatic heterocycles. The Kier molecular flexibility index (Phi) is 5.59. The molecule has 1 rings (SSSR count). The Morgan fingerprint density at radius 1 is 1.27 bits per heavy atom. The zero-order valence-electron chi connectivity index (χ0n) is 8.36. The topological polar surface area (TPSA) is 78.3 Å². The van der Waals surface area contributed by atoms with Crippen LogP contribution in [0.5, 0.6) is 0 Å². The van der Waals surface area contributed by atoms with Gasteiger partial charge in [-0.2, -0.15) is 0 Å². The van der Waals surface area contributed by atoms with Gasteiger partial charge in [-0.1, -0.05) is 0 Å². The Morgan fingerprint density at radius 3 is 2.53 bits per heavy atom. The van der Waals surface area contributed by atoms with Crippen molar-refractivity contribution in [1.82, 2.24) is 0 Å². The Labute approximate surface area is 97.6 Å². The van der Waals surface area contributed by atoms with E-state index in [9.17, 15) is 4.79 Å². The molecule has 4 N–H and O–H groups in total. The van der Waals surface area contributed by atoms with Crippen LogP contribution in [0, 0.1) is 0 Å². The first-order valence-electron chi connectivity index (χ1n) is 4.62. The number of hydrogen-bond donors (Lipinski definition) is 2. The van der Waals surface area contributed by atoms with Crippen molar-refractivity contribution < 1.29 is 7.86 Å². The van der Waals surface area contributed by atoms with E-state index in [4.69, 9.17) is 11.0 Å². The fraction of sp³-hybridized carbons (Fsp3) is 0.300. The molecule has 0 heterocycles. The van der Waals surface area contributed by atoms with Crippen molar-refractivity contribution in [3.8, 4) is 0 Å². The van der Waals surface area contributed by atoms with Crippen LogP contribution in [-0.2, 0) is 14.3 Å². The summed E-state index contributed by atoms with van der Waals surface area (Å²) in [5, 5.41) is 0. The number of hydrogen-bond acceptors (Lipinski definition) is 4. The van der Waals surface area contributed by atoms with E-state index in [-0.39, 0.29) is 5.97 Å². The predicted molar refractivity (Wildman–Crippen MR) is 67.9 cm³/mol. The predicted octanol–water partition coefficient (Wildman–Crippen LogP) is 1.72. The summed E-state index contributed by atoms with van der Waals surface area (Å²) in [6, 6.07) is 10.0. The zero-order chi connectivity index (χ0) is 11.1. The van der Waals surface area contributed by atoms with Crippen LogP contribution in [0.1, 0.15) is 18.4 Å². The molecule has 0 bridgehead atoms. The molecule has 0 saturated carbocycles. The molecule has 0 amide bonds. The number of halogens is 1. The summed E-state index contributed by atoms with van der Waals surface area (Å²) in [5.41, 5.74) is 1.22. The van der Waals surface area contributed by atoms with Crippen molar-refractivity contribution in [3.05, 3.63) is 35.9 Å². The molecular formula is C10H15IN2O2. The molecule has 1 aromatic carbocycles. The summed E-state index contributed by atoms with van der Waals surface area (Å²) in [6.45, 7) is 0. The van der Waals surface area contributed by atoms with E-state index in [2.05, 4.69) is 0 Å². The van der Waals surface area contributed by atoms with E-state index in [1.54, 1.807) is 0 Å². The normalized spacial score (nSPS) is 10.9. The second-order valence-electron chi connectivity index (χ2n) is 3.09. The third kappa shape index (κ3) is 5.71. The third-order valence-electron chi connectivity index (χ3n) is 1.86. The Hall–Kier alpha value is -0.660. The summed E-state index contributed by atoms with van der Waals surface area (Å²) in [7, 11) is 0.